The van der Waals surface area contributed by atoms with Crippen molar-refractivity contribution in [2.24, 2.45) is 0 Å². The third kappa shape index (κ3) is 5.27. The largest absolute Gasteiger partial charge is 0.496 e. The van der Waals surface area contributed by atoms with Crippen molar-refractivity contribution >= 4 is 17.8 Å². The van der Waals surface area contributed by atoms with Crippen LogP contribution in [0.4, 0.5) is 0 Å². The molecule has 0 bridgehead atoms. The number of carbonyl (C=O) groups excluding carboxylic acids is 2. The minimum absolute atomic E-state index is 0.131. The summed E-state index contributed by atoms with van der Waals surface area (Å²) in [4.78, 5) is 27.0. The first-order chi connectivity index (χ1) is 17.4. The summed E-state index contributed by atoms with van der Waals surface area (Å²) < 4.78 is 27.6. The van der Waals surface area contributed by atoms with Gasteiger partial charge in [0, 0.05) is 31.3 Å². The third-order valence-electron chi connectivity index (χ3n) is 5.71. The van der Waals surface area contributed by atoms with Crippen molar-refractivity contribution in [3.63, 3.8) is 0 Å². The maximum atomic E-state index is 12.9. The average Bonchev–Trinajstić information content (AvgIpc) is 3.21. The number of benzene rings is 3. The number of allylic oxidation sites excluding steroid dienone is 1. The van der Waals surface area contributed by atoms with Gasteiger partial charge in [-0.2, -0.15) is 0 Å². The number of amides is 1. The molecular formula is C28H27NO7. The van der Waals surface area contributed by atoms with Gasteiger partial charge in [0.05, 0.1) is 26.9 Å². The van der Waals surface area contributed by atoms with Crippen molar-refractivity contribution < 1.29 is 33.3 Å². The Bertz CT molecular complexity index is 1300. The Balaban J connectivity index is 1.46. The van der Waals surface area contributed by atoms with Crippen LogP contribution in [-0.4, -0.2) is 51.6 Å². The molecule has 8 heteroatoms. The molecule has 0 radical (unpaired) electrons. The highest BCUT2D eigenvalue weighted by Gasteiger charge is 2.28. The molecule has 0 aliphatic carbocycles. The molecule has 36 heavy (non-hydrogen) atoms. The first-order valence-corrected chi connectivity index (χ1v) is 11.2. The number of hydrogen-bond donors (Lipinski definition) is 0. The second kappa shape index (κ2) is 10.9. The van der Waals surface area contributed by atoms with Gasteiger partial charge in [-0.05, 0) is 29.8 Å². The van der Waals surface area contributed by atoms with Crippen LogP contribution >= 0.6 is 0 Å². The lowest BCUT2D eigenvalue weighted by Crippen LogP contribution is -2.30. The van der Waals surface area contributed by atoms with Crippen LogP contribution in [0.5, 0.6) is 28.7 Å². The van der Waals surface area contributed by atoms with E-state index in [4.69, 9.17) is 23.7 Å². The molecule has 0 aromatic heterocycles. The number of hydrogen-bond acceptors (Lipinski definition) is 7. The van der Waals surface area contributed by atoms with E-state index in [1.54, 1.807) is 48.4 Å². The summed E-state index contributed by atoms with van der Waals surface area (Å²) >= 11 is 0. The molecule has 1 amide bonds. The molecule has 0 saturated heterocycles. The summed E-state index contributed by atoms with van der Waals surface area (Å²) in [5.74, 6) is 1.96. The molecule has 0 unspecified atom stereocenters. The number of ketones is 1. The normalized spacial score (nSPS) is 13.1. The number of fused-ring (bicyclic) bond motifs is 1. The monoisotopic (exact) mass is 489 g/mol. The van der Waals surface area contributed by atoms with E-state index in [9.17, 15) is 9.59 Å². The first-order valence-electron chi connectivity index (χ1n) is 11.2. The van der Waals surface area contributed by atoms with Crippen molar-refractivity contribution in [1.29, 1.82) is 0 Å². The van der Waals surface area contributed by atoms with Gasteiger partial charge < -0.3 is 28.6 Å². The summed E-state index contributed by atoms with van der Waals surface area (Å²) in [5, 5.41) is 0. The Hall–Kier alpha value is -4.46. The van der Waals surface area contributed by atoms with Gasteiger partial charge in [0.15, 0.2) is 23.9 Å². The molecule has 1 aliphatic heterocycles. The fourth-order valence-electron chi connectivity index (χ4n) is 3.76. The van der Waals surface area contributed by atoms with E-state index in [0.29, 0.717) is 46.4 Å². The number of rotatable bonds is 9. The van der Waals surface area contributed by atoms with Crippen LogP contribution in [0.25, 0.3) is 6.08 Å². The molecule has 0 N–H and O–H groups in total. The quantitative estimate of drug-likeness (QED) is 0.413. The van der Waals surface area contributed by atoms with Gasteiger partial charge in [-0.25, -0.2) is 0 Å². The summed E-state index contributed by atoms with van der Waals surface area (Å²) in [6, 6.07) is 18.0. The lowest BCUT2D eigenvalue weighted by atomic mass is 10.1. The topological polar surface area (TPSA) is 83.5 Å². The molecule has 8 nitrogen and oxygen atoms in total. The van der Waals surface area contributed by atoms with Gasteiger partial charge in [-0.3, -0.25) is 9.59 Å². The van der Waals surface area contributed by atoms with Gasteiger partial charge in [0.25, 0.3) is 5.91 Å². The van der Waals surface area contributed by atoms with E-state index < -0.39 is 0 Å². The van der Waals surface area contributed by atoms with Crippen LogP contribution in [0, 0.1) is 0 Å². The summed E-state index contributed by atoms with van der Waals surface area (Å²) in [5.41, 5.74) is 2.03. The van der Waals surface area contributed by atoms with E-state index in [0.717, 1.165) is 5.56 Å². The van der Waals surface area contributed by atoms with Crippen LogP contribution in [-0.2, 0) is 11.3 Å². The lowest BCUT2D eigenvalue weighted by Gasteiger charge is -2.17. The highest BCUT2D eigenvalue weighted by molar-refractivity contribution is 6.14. The Morgan fingerprint density at radius 3 is 2.31 bits per heavy atom. The Morgan fingerprint density at radius 1 is 0.917 bits per heavy atom. The predicted molar refractivity (Wildman–Crippen MR) is 134 cm³/mol. The van der Waals surface area contributed by atoms with E-state index in [2.05, 4.69) is 0 Å². The molecule has 186 valence electrons. The Kier molecular flexibility index (Phi) is 7.44. The van der Waals surface area contributed by atoms with Crippen molar-refractivity contribution in [3.8, 4) is 28.7 Å². The van der Waals surface area contributed by atoms with Crippen LogP contribution in [0.15, 0.2) is 66.4 Å². The van der Waals surface area contributed by atoms with Gasteiger partial charge >= 0.3 is 0 Å². The summed E-state index contributed by atoms with van der Waals surface area (Å²) in [6.07, 6.45) is 1.59. The van der Waals surface area contributed by atoms with Crippen LogP contribution in [0.1, 0.15) is 21.5 Å². The van der Waals surface area contributed by atoms with Crippen molar-refractivity contribution in [2.75, 3.05) is 35.0 Å². The predicted octanol–water partition coefficient (Wildman–Crippen LogP) is 4.37. The fraction of sp³-hybridized carbons (Fsp3) is 0.214. The molecule has 0 spiro atoms. The Morgan fingerprint density at radius 2 is 1.61 bits per heavy atom. The number of Topliss-reactive ketones (excluding diaryl/α,β-unsaturated/α-hetero) is 1. The van der Waals surface area contributed by atoms with Crippen molar-refractivity contribution in [2.45, 2.75) is 6.54 Å². The average molecular weight is 490 g/mol. The minimum atomic E-state index is -0.271. The molecule has 4 rings (SSSR count). The first kappa shape index (κ1) is 24.7. The number of carbonyl (C=O) groups is 2. The highest BCUT2D eigenvalue weighted by atomic mass is 16.5. The molecular weight excluding hydrogens is 462 g/mol. The smallest absolute Gasteiger partial charge is 0.260 e. The van der Waals surface area contributed by atoms with Gasteiger partial charge in [-0.15, -0.1) is 0 Å². The fourth-order valence-corrected chi connectivity index (χ4v) is 3.76. The zero-order valence-corrected chi connectivity index (χ0v) is 20.6. The van der Waals surface area contributed by atoms with Gasteiger partial charge in [0.2, 0.25) is 5.78 Å². The van der Waals surface area contributed by atoms with Crippen molar-refractivity contribution in [1.82, 2.24) is 4.90 Å². The highest BCUT2D eigenvalue weighted by Crippen LogP contribution is 2.39. The second-order valence-electron chi connectivity index (χ2n) is 8.07. The summed E-state index contributed by atoms with van der Waals surface area (Å²) in [6.45, 7) is 0.347. The van der Waals surface area contributed by atoms with E-state index in [1.165, 1.54) is 21.3 Å². The molecule has 1 heterocycles. The number of ether oxygens (including phenoxy) is 5. The molecule has 0 atom stereocenters. The number of nitrogens with zero attached hydrogens (tertiary/aromatic N) is 1. The van der Waals surface area contributed by atoms with Gasteiger partial charge in [-0.1, -0.05) is 30.3 Å². The zero-order valence-electron chi connectivity index (χ0n) is 20.6. The van der Waals surface area contributed by atoms with Gasteiger partial charge in [0.1, 0.15) is 17.2 Å². The zero-order chi connectivity index (χ0) is 25.7. The number of methoxy groups -OCH3 is 3. The van der Waals surface area contributed by atoms with Crippen LogP contribution in [0.2, 0.25) is 0 Å². The van der Waals surface area contributed by atoms with Crippen molar-refractivity contribution in [3.05, 3.63) is 83.1 Å². The standard InChI is InChI=1S/C28H27NO7/c1-29(16-18-8-6-5-7-9-18)27(30)17-35-20-10-11-21-23(14-20)36-26(28(21)31)13-19-12-24(33-3)25(34-4)15-22(19)32-2/h5-15H,16-17H2,1-4H3. The van der Waals surface area contributed by atoms with E-state index in [-0.39, 0.29) is 24.1 Å². The molecule has 0 fully saturated rings. The number of likely N-dealkylation sites (N-methyl/N-ethyl adjacent to an activating group) is 1. The van der Waals surface area contributed by atoms with Crippen LogP contribution in [0.3, 0.4) is 0 Å². The van der Waals surface area contributed by atoms with E-state index in [1.807, 2.05) is 30.3 Å². The summed E-state index contributed by atoms with van der Waals surface area (Å²) in [7, 11) is 6.31. The molecule has 3 aromatic rings. The SMILES string of the molecule is COc1cc(OC)c(OC)cc1C=C1Oc2cc(OCC(=O)N(C)Cc3ccccc3)ccc2C1=O. The lowest BCUT2D eigenvalue weighted by molar-refractivity contribution is -0.132. The maximum absolute atomic E-state index is 12.9. The van der Waals surface area contributed by atoms with E-state index >= 15 is 0 Å². The molecule has 3 aromatic carbocycles. The Labute approximate surface area is 209 Å². The van der Waals surface area contributed by atoms with Crippen LogP contribution < -0.4 is 23.7 Å². The molecule has 1 aliphatic rings. The maximum Gasteiger partial charge on any atom is 0.260 e. The molecule has 0 saturated carbocycles. The third-order valence-corrected chi connectivity index (χ3v) is 5.71. The second-order valence-corrected chi connectivity index (χ2v) is 8.07. The minimum Gasteiger partial charge on any atom is -0.496 e.